The summed E-state index contributed by atoms with van der Waals surface area (Å²) in [4.78, 5) is 19.7. The molecule has 0 N–H and O–H groups in total. The van der Waals surface area contributed by atoms with Crippen molar-refractivity contribution in [2.75, 3.05) is 0 Å². The molecule has 2 aromatic rings. The molecule has 15 heavy (non-hydrogen) atoms. The van der Waals surface area contributed by atoms with Crippen molar-refractivity contribution in [2.24, 2.45) is 7.05 Å². The van der Waals surface area contributed by atoms with Crippen LogP contribution in [-0.2, 0) is 13.5 Å². The first-order valence-electron chi connectivity index (χ1n) is 4.66. The Balaban J connectivity index is 2.11. The topological polar surface area (TPSA) is 47.8 Å². The first-order chi connectivity index (χ1) is 7.25. The zero-order valence-corrected chi connectivity index (χ0v) is 8.42. The molecule has 0 saturated carbocycles. The molecule has 0 atom stereocenters. The van der Waals surface area contributed by atoms with E-state index in [-0.39, 0.29) is 5.78 Å². The number of nitrogens with zero attached hydrogens (tertiary/aromatic N) is 3. The van der Waals surface area contributed by atoms with Gasteiger partial charge in [-0.25, -0.2) is 4.98 Å². The van der Waals surface area contributed by atoms with Crippen LogP contribution >= 0.6 is 0 Å². The van der Waals surface area contributed by atoms with Gasteiger partial charge < -0.3 is 4.57 Å². The number of aromatic nitrogens is 3. The van der Waals surface area contributed by atoms with Crippen molar-refractivity contribution in [1.29, 1.82) is 0 Å². The molecule has 2 aromatic heterocycles. The van der Waals surface area contributed by atoms with E-state index < -0.39 is 0 Å². The molecule has 0 fully saturated rings. The maximum absolute atomic E-state index is 11.7. The summed E-state index contributed by atoms with van der Waals surface area (Å²) in [6.45, 7) is 0. The lowest BCUT2D eigenvalue weighted by molar-refractivity contribution is 0.0988. The Kier molecular flexibility index (Phi) is 2.58. The highest BCUT2D eigenvalue weighted by Crippen LogP contribution is 2.03. The number of rotatable bonds is 3. The van der Waals surface area contributed by atoms with Crippen LogP contribution in [0.4, 0.5) is 0 Å². The highest BCUT2D eigenvalue weighted by Gasteiger charge is 2.09. The van der Waals surface area contributed by atoms with Crippen LogP contribution in [0.15, 0.2) is 37.1 Å². The molecule has 0 saturated heterocycles. The molecule has 2 rings (SSSR count). The van der Waals surface area contributed by atoms with Gasteiger partial charge in [-0.3, -0.25) is 9.78 Å². The Morgan fingerprint density at radius 1 is 1.53 bits per heavy atom. The number of aryl methyl sites for hydroxylation is 1. The summed E-state index contributed by atoms with van der Waals surface area (Å²) in [5.74, 6) is 0.0172. The number of imidazole rings is 1. The minimum absolute atomic E-state index is 0.0172. The average Bonchev–Trinajstić information content (AvgIpc) is 2.66. The number of ketones is 1. The quantitative estimate of drug-likeness (QED) is 0.702. The highest BCUT2D eigenvalue weighted by molar-refractivity contribution is 5.95. The van der Waals surface area contributed by atoms with Gasteiger partial charge in [-0.05, 0) is 11.6 Å². The summed E-state index contributed by atoms with van der Waals surface area (Å²) >= 11 is 0. The van der Waals surface area contributed by atoms with E-state index in [1.807, 2.05) is 19.2 Å². The van der Waals surface area contributed by atoms with Gasteiger partial charge in [0.05, 0.1) is 6.33 Å². The van der Waals surface area contributed by atoms with Gasteiger partial charge in [0.15, 0.2) is 5.78 Å². The van der Waals surface area contributed by atoms with Crippen molar-refractivity contribution in [2.45, 2.75) is 6.42 Å². The van der Waals surface area contributed by atoms with E-state index >= 15 is 0 Å². The minimum Gasteiger partial charge on any atom is -0.340 e. The van der Waals surface area contributed by atoms with Crippen molar-refractivity contribution in [3.63, 3.8) is 0 Å². The predicted octanol–water partition coefficient (Wildman–Crippen LogP) is 1.24. The van der Waals surface area contributed by atoms with E-state index in [0.717, 1.165) is 5.56 Å². The zero-order chi connectivity index (χ0) is 10.7. The molecule has 0 amide bonds. The number of carbonyl (C=O) groups is 1. The second-order valence-electron chi connectivity index (χ2n) is 3.39. The van der Waals surface area contributed by atoms with Crippen molar-refractivity contribution < 1.29 is 4.79 Å². The number of hydrogen-bond acceptors (Lipinski definition) is 3. The number of Topliss-reactive ketones (excluding diaryl/α,β-unsaturated/α-hetero) is 1. The second kappa shape index (κ2) is 4.04. The van der Waals surface area contributed by atoms with E-state index in [9.17, 15) is 4.79 Å². The molecule has 0 aliphatic rings. The van der Waals surface area contributed by atoms with Gasteiger partial charge in [0.1, 0.15) is 5.69 Å². The van der Waals surface area contributed by atoms with Gasteiger partial charge in [0, 0.05) is 32.1 Å². The molecule has 0 unspecified atom stereocenters. The van der Waals surface area contributed by atoms with Crippen LogP contribution < -0.4 is 0 Å². The number of hydrogen-bond donors (Lipinski definition) is 0. The first kappa shape index (κ1) is 9.58. The summed E-state index contributed by atoms with van der Waals surface area (Å²) < 4.78 is 1.76. The normalized spacial score (nSPS) is 10.2. The molecule has 0 bridgehead atoms. The summed E-state index contributed by atoms with van der Waals surface area (Å²) in [5, 5.41) is 0. The summed E-state index contributed by atoms with van der Waals surface area (Å²) in [6.07, 6.45) is 7.08. The van der Waals surface area contributed by atoms with Crippen LogP contribution in [-0.4, -0.2) is 20.3 Å². The van der Waals surface area contributed by atoms with Crippen LogP contribution in [0.2, 0.25) is 0 Å². The lowest BCUT2D eigenvalue weighted by atomic mass is 10.1. The molecule has 4 heteroatoms. The third kappa shape index (κ3) is 2.28. The highest BCUT2D eigenvalue weighted by atomic mass is 16.1. The molecule has 0 aromatic carbocycles. The van der Waals surface area contributed by atoms with Crippen LogP contribution in [0.5, 0.6) is 0 Å². The Bertz CT molecular complexity index is 462. The second-order valence-corrected chi connectivity index (χ2v) is 3.39. The smallest absolute Gasteiger partial charge is 0.187 e. The number of carbonyl (C=O) groups excluding carboxylic acids is 1. The first-order valence-corrected chi connectivity index (χ1v) is 4.66. The fraction of sp³-hybridized carbons (Fsp3) is 0.182. The van der Waals surface area contributed by atoms with E-state index in [1.165, 1.54) is 0 Å². The fourth-order valence-corrected chi connectivity index (χ4v) is 1.34. The molecule has 0 spiro atoms. The standard InChI is InChI=1S/C11H11N3O/c1-14-7-10(13-8-14)11(15)5-9-3-2-4-12-6-9/h2-4,6-8H,5H2,1H3. The van der Waals surface area contributed by atoms with Crippen molar-refractivity contribution in [3.8, 4) is 0 Å². The maximum atomic E-state index is 11.7. The molecular formula is C11H11N3O. The zero-order valence-electron chi connectivity index (χ0n) is 8.42. The van der Waals surface area contributed by atoms with Crippen molar-refractivity contribution >= 4 is 5.78 Å². The van der Waals surface area contributed by atoms with Crippen LogP contribution in [0.3, 0.4) is 0 Å². The van der Waals surface area contributed by atoms with Crippen LogP contribution in [0.25, 0.3) is 0 Å². The molecule has 2 heterocycles. The van der Waals surface area contributed by atoms with Gasteiger partial charge in [-0.2, -0.15) is 0 Å². The Labute approximate surface area is 87.6 Å². The Hall–Kier alpha value is -1.97. The largest absolute Gasteiger partial charge is 0.340 e. The third-order valence-corrected chi connectivity index (χ3v) is 2.08. The van der Waals surface area contributed by atoms with Crippen LogP contribution in [0, 0.1) is 0 Å². The van der Waals surface area contributed by atoms with Gasteiger partial charge in [-0.1, -0.05) is 6.07 Å². The van der Waals surface area contributed by atoms with E-state index in [4.69, 9.17) is 0 Å². The molecule has 0 radical (unpaired) electrons. The fourth-order valence-electron chi connectivity index (χ4n) is 1.34. The lowest BCUT2D eigenvalue weighted by Crippen LogP contribution is -2.04. The Morgan fingerprint density at radius 3 is 3.00 bits per heavy atom. The van der Waals surface area contributed by atoms with Crippen LogP contribution in [0.1, 0.15) is 16.1 Å². The lowest BCUT2D eigenvalue weighted by Gasteiger charge is -1.96. The van der Waals surface area contributed by atoms with E-state index in [1.54, 1.807) is 29.5 Å². The van der Waals surface area contributed by atoms with E-state index in [2.05, 4.69) is 9.97 Å². The molecule has 0 aliphatic heterocycles. The van der Waals surface area contributed by atoms with Gasteiger partial charge in [0.25, 0.3) is 0 Å². The SMILES string of the molecule is Cn1cnc(C(=O)Cc2cccnc2)c1. The molecular weight excluding hydrogens is 190 g/mol. The molecule has 0 aliphatic carbocycles. The third-order valence-electron chi connectivity index (χ3n) is 2.08. The van der Waals surface area contributed by atoms with Crippen molar-refractivity contribution in [1.82, 2.24) is 14.5 Å². The maximum Gasteiger partial charge on any atom is 0.187 e. The number of pyridine rings is 1. The predicted molar refractivity (Wildman–Crippen MR) is 55.5 cm³/mol. The minimum atomic E-state index is 0.0172. The summed E-state index contributed by atoms with van der Waals surface area (Å²) in [7, 11) is 1.84. The molecule has 76 valence electrons. The van der Waals surface area contributed by atoms with Gasteiger partial charge >= 0.3 is 0 Å². The van der Waals surface area contributed by atoms with Gasteiger partial charge in [-0.15, -0.1) is 0 Å². The molecule has 4 nitrogen and oxygen atoms in total. The average molecular weight is 201 g/mol. The Morgan fingerprint density at radius 2 is 2.40 bits per heavy atom. The van der Waals surface area contributed by atoms with E-state index in [0.29, 0.717) is 12.1 Å². The van der Waals surface area contributed by atoms with Crippen molar-refractivity contribution in [3.05, 3.63) is 48.3 Å². The van der Waals surface area contributed by atoms with Gasteiger partial charge in [0.2, 0.25) is 0 Å². The monoisotopic (exact) mass is 201 g/mol. The summed E-state index contributed by atoms with van der Waals surface area (Å²) in [5.41, 5.74) is 1.41. The summed E-state index contributed by atoms with van der Waals surface area (Å²) in [6, 6.07) is 3.70.